The normalized spacial score (nSPS) is 10.9. The van der Waals surface area contributed by atoms with Crippen molar-refractivity contribution in [2.45, 2.75) is 20.8 Å². The second-order valence-electron chi connectivity index (χ2n) is 1.77. The Hall–Kier alpha value is -0.940. The van der Waals surface area contributed by atoms with Gasteiger partial charge in [-0.05, 0) is 19.1 Å². The van der Waals surface area contributed by atoms with Gasteiger partial charge in [0, 0.05) is 10.5 Å². The van der Waals surface area contributed by atoms with E-state index in [1.54, 1.807) is 25.2 Å². The average Bonchev–Trinajstić information content (AvgIpc) is 2.08. The van der Waals surface area contributed by atoms with E-state index in [4.69, 9.17) is 5.26 Å². The molecule has 0 rings (SSSR count). The summed E-state index contributed by atoms with van der Waals surface area (Å²) in [6, 6.07) is 1.99. The summed E-state index contributed by atoms with van der Waals surface area (Å²) in [6.07, 6.45) is 5.04. The van der Waals surface area contributed by atoms with Crippen molar-refractivity contribution in [2.75, 3.05) is 0 Å². The third-order valence-corrected chi connectivity index (χ3v) is 1.11. The number of allylic oxidation sites excluding steroid dienone is 4. The first-order valence-corrected chi connectivity index (χ1v) is 4.25. The summed E-state index contributed by atoms with van der Waals surface area (Å²) in [7, 11) is 0. The van der Waals surface area contributed by atoms with Crippen molar-refractivity contribution in [1.82, 2.24) is 0 Å². The largest absolute Gasteiger partial charge is 0.193 e. The molecule has 0 bridgehead atoms. The van der Waals surface area contributed by atoms with Gasteiger partial charge in [0.15, 0.2) is 0 Å². The molecule has 0 aromatic heterocycles. The van der Waals surface area contributed by atoms with Crippen LogP contribution in [0.1, 0.15) is 20.8 Å². The van der Waals surface area contributed by atoms with E-state index in [0.29, 0.717) is 5.57 Å². The van der Waals surface area contributed by atoms with E-state index in [9.17, 15) is 0 Å². The van der Waals surface area contributed by atoms with E-state index in [1.807, 2.05) is 19.9 Å². The molecular weight excluding hydrogens is 166 g/mol. The Morgan fingerprint density at radius 1 is 1.50 bits per heavy atom. The van der Waals surface area contributed by atoms with Crippen LogP contribution in [0.4, 0.5) is 0 Å². The summed E-state index contributed by atoms with van der Waals surface area (Å²) in [5.41, 5.74) is 0.642. The lowest BCUT2D eigenvalue weighted by Crippen LogP contribution is -1.68. The second-order valence-corrected chi connectivity index (χ2v) is 2.28. The first-order chi connectivity index (χ1) is 5.70. The van der Waals surface area contributed by atoms with Gasteiger partial charge in [-0.3, -0.25) is 0 Å². The van der Waals surface area contributed by atoms with Crippen LogP contribution in [0, 0.1) is 11.3 Å². The molecule has 0 aliphatic heterocycles. The number of nitriles is 1. The number of hydrogen-bond acceptors (Lipinski definition) is 2. The van der Waals surface area contributed by atoms with Gasteiger partial charge in [0.25, 0.3) is 0 Å². The molecule has 12 heavy (non-hydrogen) atoms. The van der Waals surface area contributed by atoms with Crippen LogP contribution in [0.15, 0.2) is 35.3 Å². The fourth-order valence-electron chi connectivity index (χ4n) is 0.423. The molecule has 0 unspecified atom stereocenters. The van der Waals surface area contributed by atoms with Crippen LogP contribution in [0.5, 0.6) is 0 Å². The van der Waals surface area contributed by atoms with Crippen LogP contribution in [-0.2, 0) is 0 Å². The van der Waals surface area contributed by atoms with Gasteiger partial charge in [-0.15, -0.1) is 12.6 Å². The first-order valence-electron chi connectivity index (χ1n) is 3.80. The third kappa shape index (κ3) is 9.06. The minimum absolute atomic E-state index is 0.642. The molecule has 1 nitrogen and oxygen atoms in total. The third-order valence-electron chi connectivity index (χ3n) is 0.829. The van der Waals surface area contributed by atoms with E-state index in [0.717, 1.165) is 4.91 Å². The number of rotatable bonds is 2. The summed E-state index contributed by atoms with van der Waals surface area (Å²) >= 11 is 4.07. The number of thiol groups is 1. The van der Waals surface area contributed by atoms with Gasteiger partial charge in [-0.1, -0.05) is 26.5 Å². The SMILES string of the molecule is C=C/C=C(S)/C=C(/C)C#N.CC. The van der Waals surface area contributed by atoms with Crippen LogP contribution in [0.2, 0.25) is 0 Å². The molecule has 66 valence electrons. The summed E-state index contributed by atoms with van der Waals surface area (Å²) in [5, 5.41) is 8.35. The molecule has 0 aromatic rings. The molecule has 0 radical (unpaired) electrons. The number of hydrogen-bond donors (Lipinski definition) is 1. The van der Waals surface area contributed by atoms with Crippen LogP contribution >= 0.6 is 12.6 Å². The summed E-state index contributed by atoms with van der Waals surface area (Å²) < 4.78 is 0. The highest BCUT2D eigenvalue weighted by molar-refractivity contribution is 7.84. The molecular formula is C10H15NS. The van der Waals surface area contributed by atoms with Crippen molar-refractivity contribution >= 4 is 12.6 Å². The molecule has 0 saturated heterocycles. The topological polar surface area (TPSA) is 23.8 Å². The predicted molar refractivity (Wildman–Crippen MR) is 58.0 cm³/mol. The fraction of sp³-hybridized carbons (Fsp3) is 0.300. The average molecular weight is 181 g/mol. The van der Waals surface area contributed by atoms with Crippen molar-refractivity contribution in [3.8, 4) is 6.07 Å². The van der Waals surface area contributed by atoms with E-state index in [1.165, 1.54) is 0 Å². The van der Waals surface area contributed by atoms with Crippen molar-refractivity contribution < 1.29 is 0 Å². The highest BCUT2D eigenvalue weighted by Gasteiger charge is 1.84. The summed E-state index contributed by atoms with van der Waals surface area (Å²) in [5.74, 6) is 0. The van der Waals surface area contributed by atoms with Gasteiger partial charge in [-0.2, -0.15) is 5.26 Å². The maximum absolute atomic E-state index is 8.35. The molecule has 2 heteroatoms. The van der Waals surface area contributed by atoms with Gasteiger partial charge < -0.3 is 0 Å². The minimum atomic E-state index is 0.642. The Morgan fingerprint density at radius 3 is 2.33 bits per heavy atom. The van der Waals surface area contributed by atoms with Gasteiger partial charge in [0.2, 0.25) is 0 Å². The molecule has 0 N–H and O–H groups in total. The molecule has 0 aliphatic rings. The quantitative estimate of drug-likeness (QED) is 0.393. The van der Waals surface area contributed by atoms with E-state index in [2.05, 4.69) is 19.2 Å². The summed E-state index contributed by atoms with van der Waals surface area (Å²) in [4.78, 5) is 0.744. The predicted octanol–water partition coefficient (Wildman–Crippen LogP) is 3.48. The van der Waals surface area contributed by atoms with Crippen molar-refractivity contribution in [1.29, 1.82) is 5.26 Å². The molecule has 0 atom stereocenters. The Labute approximate surface area is 80.5 Å². The molecule has 0 spiro atoms. The van der Waals surface area contributed by atoms with Gasteiger partial charge in [0.1, 0.15) is 0 Å². The van der Waals surface area contributed by atoms with Gasteiger partial charge in [-0.25, -0.2) is 0 Å². The highest BCUT2D eigenvalue weighted by atomic mass is 32.1. The zero-order valence-electron chi connectivity index (χ0n) is 7.83. The second kappa shape index (κ2) is 10.1. The molecule has 0 aromatic carbocycles. The first kappa shape index (κ1) is 13.6. The minimum Gasteiger partial charge on any atom is -0.193 e. The van der Waals surface area contributed by atoms with Crippen LogP contribution < -0.4 is 0 Å². The van der Waals surface area contributed by atoms with E-state index < -0.39 is 0 Å². The Morgan fingerprint density at radius 2 is 2.00 bits per heavy atom. The van der Waals surface area contributed by atoms with Gasteiger partial charge >= 0.3 is 0 Å². The highest BCUT2D eigenvalue weighted by Crippen LogP contribution is 2.05. The van der Waals surface area contributed by atoms with Crippen LogP contribution in [0.3, 0.4) is 0 Å². The monoisotopic (exact) mass is 181 g/mol. The molecule has 0 heterocycles. The van der Waals surface area contributed by atoms with E-state index >= 15 is 0 Å². The zero-order chi connectivity index (χ0) is 9.98. The van der Waals surface area contributed by atoms with Crippen molar-refractivity contribution in [2.24, 2.45) is 0 Å². The van der Waals surface area contributed by atoms with Crippen LogP contribution in [-0.4, -0.2) is 0 Å². The van der Waals surface area contributed by atoms with Crippen LogP contribution in [0.25, 0.3) is 0 Å². The summed E-state index contributed by atoms with van der Waals surface area (Å²) in [6.45, 7) is 9.23. The molecule has 0 saturated carbocycles. The molecule has 0 aliphatic carbocycles. The lowest BCUT2D eigenvalue weighted by molar-refractivity contribution is 1.44. The smallest absolute Gasteiger partial charge is 0.0944 e. The standard InChI is InChI=1S/C8H9NS.C2H6/c1-3-4-8(10)5-7(2)6-9;1-2/h3-5,10H,1H2,2H3;1-2H3/b7-5-,8-4-;. The fourth-order valence-corrected chi connectivity index (χ4v) is 0.722. The molecule has 0 fully saturated rings. The lowest BCUT2D eigenvalue weighted by atomic mass is 10.3. The maximum atomic E-state index is 8.35. The van der Waals surface area contributed by atoms with Crippen molar-refractivity contribution in [3.63, 3.8) is 0 Å². The number of nitrogens with zero attached hydrogens (tertiary/aromatic N) is 1. The Balaban J connectivity index is 0. The van der Waals surface area contributed by atoms with Gasteiger partial charge in [0.05, 0.1) is 6.07 Å². The zero-order valence-corrected chi connectivity index (χ0v) is 8.73. The van der Waals surface area contributed by atoms with E-state index in [-0.39, 0.29) is 0 Å². The maximum Gasteiger partial charge on any atom is 0.0944 e. The Kier molecular flexibility index (Phi) is 11.4. The Bertz CT molecular complexity index is 218. The lowest BCUT2D eigenvalue weighted by Gasteiger charge is -1.86. The van der Waals surface area contributed by atoms with Crippen molar-refractivity contribution in [3.05, 3.63) is 35.3 Å². The molecule has 0 amide bonds.